The summed E-state index contributed by atoms with van der Waals surface area (Å²) in [5, 5.41) is 7.38. The summed E-state index contributed by atoms with van der Waals surface area (Å²) < 4.78 is 0. The van der Waals surface area contributed by atoms with E-state index in [9.17, 15) is 4.79 Å². The highest BCUT2D eigenvalue weighted by Crippen LogP contribution is 2.25. The zero-order valence-corrected chi connectivity index (χ0v) is 12.6. The molecular formula is C15H20ClN3O. The molecule has 2 aromatic rings. The minimum absolute atomic E-state index is 0.157. The van der Waals surface area contributed by atoms with E-state index < -0.39 is 0 Å². The summed E-state index contributed by atoms with van der Waals surface area (Å²) in [7, 11) is 0. The number of fused-ring (bicyclic) bond motifs is 1. The maximum Gasteiger partial charge on any atom is 0.315 e. The van der Waals surface area contributed by atoms with Gasteiger partial charge in [-0.15, -0.1) is 0 Å². The Bertz CT molecular complexity index is 606. The number of carbonyl (C=O) groups excluding carboxylic acids is 1. The molecule has 0 spiro atoms. The number of aromatic amines is 1. The first kappa shape index (κ1) is 14.7. The largest absolute Gasteiger partial charge is 0.357 e. The normalized spacial score (nSPS) is 10.8. The lowest BCUT2D eigenvalue weighted by Gasteiger charge is -2.03. The molecule has 1 aromatic heterocycles. The number of nitrogens with one attached hydrogen (secondary N) is 3. The van der Waals surface area contributed by atoms with Gasteiger partial charge < -0.3 is 15.6 Å². The molecule has 5 heteroatoms. The van der Waals surface area contributed by atoms with Crippen molar-refractivity contribution < 1.29 is 4.79 Å². The molecule has 2 amide bonds. The van der Waals surface area contributed by atoms with Gasteiger partial charge in [-0.3, -0.25) is 0 Å². The topological polar surface area (TPSA) is 56.9 Å². The van der Waals surface area contributed by atoms with E-state index in [1.54, 1.807) is 0 Å². The lowest BCUT2D eigenvalue weighted by atomic mass is 10.1. The van der Waals surface area contributed by atoms with Crippen molar-refractivity contribution in [2.24, 2.45) is 0 Å². The quantitative estimate of drug-likeness (QED) is 0.775. The Balaban J connectivity index is 2.14. The molecule has 0 aliphatic heterocycles. The van der Waals surface area contributed by atoms with Crippen molar-refractivity contribution in [1.29, 1.82) is 0 Å². The van der Waals surface area contributed by atoms with Crippen LogP contribution in [0.5, 0.6) is 0 Å². The highest BCUT2D eigenvalue weighted by Gasteiger charge is 2.07. The minimum atomic E-state index is -0.157. The smallest absolute Gasteiger partial charge is 0.315 e. The Labute approximate surface area is 123 Å². The predicted molar refractivity (Wildman–Crippen MR) is 83.2 cm³/mol. The Morgan fingerprint density at radius 2 is 2.05 bits per heavy atom. The summed E-state index contributed by atoms with van der Waals surface area (Å²) in [5.41, 5.74) is 3.19. The van der Waals surface area contributed by atoms with Crippen LogP contribution >= 0.6 is 11.6 Å². The van der Waals surface area contributed by atoms with Crippen LogP contribution in [-0.4, -0.2) is 17.6 Å². The third-order valence-electron chi connectivity index (χ3n) is 3.14. The molecule has 0 aliphatic carbocycles. The lowest BCUT2D eigenvalue weighted by molar-refractivity contribution is 0.241. The second-order valence-electron chi connectivity index (χ2n) is 4.79. The van der Waals surface area contributed by atoms with Crippen molar-refractivity contribution in [3.05, 3.63) is 34.5 Å². The van der Waals surface area contributed by atoms with Gasteiger partial charge in [0.25, 0.3) is 0 Å². The predicted octanol–water partition coefficient (Wildman–Crippen LogP) is 3.59. The van der Waals surface area contributed by atoms with Crippen molar-refractivity contribution in [3.8, 4) is 0 Å². The van der Waals surface area contributed by atoms with E-state index in [1.807, 2.05) is 19.1 Å². The van der Waals surface area contributed by atoms with Gasteiger partial charge in [-0.25, -0.2) is 4.79 Å². The molecule has 2 rings (SSSR count). The summed E-state index contributed by atoms with van der Waals surface area (Å²) in [5.74, 6) is 0. The SMILES string of the molecule is CCCc1cc2[nH]c(CNC(=O)NCC)cc2cc1Cl. The number of H-pyrrole nitrogens is 1. The van der Waals surface area contributed by atoms with Gasteiger partial charge in [-0.05, 0) is 37.1 Å². The van der Waals surface area contributed by atoms with Gasteiger partial charge in [0.1, 0.15) is 0 Å². The van der Waals surface area contributed by atoms with Crippen molar-refractivity contribution in [1.82, 2.24) is 15.6 Å². The molecule has 4 nitrogen and oxygen atoms in total. The van der Waals surface area contributed by atoms with Crippen LogP contribution in [0.15, 0.2) is 18.2 Å². The number of hydrogen-bond donors (Lipinski definition) is 3. The summed E-state index contributed by atoms with van der Waals surface area (Å²) in [6.45, 7) is 5.12. The molecule has 3 N–H and O–H groups in total. The van der Waals surface area contributed by atoms with Gasteiger partial charge >= 0.3 is 6.03 Å². The average Bonchev–Trinajstić information content (AvgIpc) is 2.79. The number of hydrogen-bond acceptors (Lipinski definition) is 1. The number of aryl methyl sites for hydroxylation is 1. The first-order valence-corrected chi connectivity index (χ1v) is 7.33. The second-order valence-corrected chi connectivity index (χ2v) is 5.20. The Hall–Kier alpha value is -1.68. The third kappa shape index (κ3) is 3.45. The molecule has 1 aromatic carbocycles. The van der Waals surface area contributed by atoms with Crippen LogP contribution in [-0.2, 0) is 13.0 Å². The maximum atomic E-state index is 11.4. The van der Waals surface area contributed by atoms with E-state index in [2.05, 4.69) is 28.6 Å². The summed E-state index contributed by atoms with van der Waals surface area (Å²) in [4.78, 5) is 14.7. The van der Waals surface area contributed by atoms with Crippen LogP contribution < -0.4 is 10.6 Å². The molecule has 0 aliphatic rings. The van der Waals surface area contributed by atoms with Gasteiger partial charge in [0.15, 0.2) is 0 Å². The molecule has 20 heavy (non-hydrogen) atoms. The zero-order valence-electron chi connectivity index (χ0n) is 11.8. The fourth-order valence-electron chi connectivity index (χ4n) is 2.21. The van der Waals surface area contributed by atoms with Crippen molar-refractivity contribution in [2.45, 2.75) is 33.2 Å². The number of benzene rings is 1. The van der Waals surface area contributed by atoms with Crippen molar-refractivity contribution in [2.75, 3.05) is 6.54 Å². The van der Waals surface area contributed by atoms with E-state index in [0.29, 0.717) is 13.1 Å². The summed E-state index contributed by atoms with van der Waals surface area (Å²) in [6.07, 6.45) is 2.04. The zero-order chi connectivity index (χ0) is 14.5. The molecule has 0 unspecified atom stereocenters. The monoisotopic (exact) mass is 293 g/mol. The molecule has 0 atom stereocenters. The second kappa shape index (κ2) is 6.66. The molecule has 0 fully saturated rings. The summed E-state index contributed by atoms with van der Waals surface area (Å²) >= 11 is 6.27. The van der Waals surface area contributed by atoms with Crippen molar-refractivity contribution >= 4 is 28.5 Å². The number of amides is 2. The number of halogens is 1. The van der Waals surface area contributed by atoms with E-state index in [4.69, 9.17) is 11.6 Å². The van der Waals surface area contributed by atoms with Gasteiger partial charge in [0.05, 0.1) is 6.54 Å². The first-order valence-electron chi connectivity index (χ1n) is 6.95. The Morgan fingerprint density at radius 3 is 2.75 bits per heavy atom. The van der Waals surface area contributed by atoms with Crippen LogP contribution in [0.2, 0.25) is 5.02 Å². The van der Waals surface area contributed by atoms with Crippen LogP contribution in [0.3, 0.4) is 0 Å². The van der Waals surface area contributed by atoms with E-state index in [1.165, 1.54) is 0 Å². The molecule has 108 valence electrons. The number of aromatic nitrogens is 1. The molecule has 0 radical (unpaired) electrons. The Morgan fingerprint density at radius 1 is 1.25 bits per heavy atom. The molecule has 0 saturated carbocycles. The fourth-order valence-corrected chi connectivity index (χ4v) is 2.48. The van der Waals surface area contributed by atoms with Crippen LogP contribution in [0, 0.1) is 0 Å². The standard InChI is InChI=1S/C15H20ClN3O/c1-3-5-10-8-14-11(7-13(10)16)6-12(19-14)9-18-15(20)17-4-2/h6-8,19H,3-5,9H2,1-2H3,(H2,17,18,20). The van der Waals surface area contributed by atoms with E-state index in [0.717, 1.165) is 40.0 Å². The molecule has 0 saturated heterocycles. The Kier molecular flexibility index (Phi) is 4.90. The van der Waals surface area contributed by atoms with Gasteiger partial charge in [-0.2, -0.15) is 0 Å². The fraction of sp³-hybridized carbons (Fsp3) is 0.400. The van der Waals surface area contributed by atoms with Crippen LogP contribution in [0.1, 0.15) is 31.5 Å². The van der Waals surface area contributed by atoms with Crippen LogP contribution in [0.4, 0.5) is 4.79 Å². The van der Waals surface area contributed by atoms with Crippen molar-refractivity contribution in [3.63, 3.8) is 0 Å². The third-order valence-corrected chi connectivity index (χ3v) is 3.49. The average molecular weight is 294 g/mol. The van der Waals surface area contributed by atoms with Crippen LogP contribution in [0.25, 0.3) is 10.9 Å². The number of rotatable bonds is 5. The summed E-state index contributed by atoms with van der Waals surface area (Å²) in [6, 6.07) is 5.93. The maximum absolute atomic E-state index is 11.4. The molecular weight excluding hydrogens is 274 g/mol. The highest BCUT2D eigenvalue weighted by molar-refractivity contribution is 6.32. The van der Waals surface area contributed by atoms with E-state index >= 15 is 0 Å². The highest BCUT2D eigenvalue weighted by atomic mass is 35.5. The lowest BCUT2D eigenvalue weighted by Crippen LogP contribution is -2.34. The van der Waals surface area contributed by atoms with Gasteiger partial charge in [0.2, 0.25) is 0 Å². The van der Waals surface area contributed by atoms with E-state index in [-0.39, 0.29) is 6.03 Å². The molecule has 1 heterocycles. The first-order chi connectivity index (χ1) is 9.63. The van der Waals surface area contributed by atoms with Gasteiger partial charge in [0, 0.05) is 28.2 Å². The van der Waals surface area contributed by atoms with Gasteiger partial charge in [-0.1, -0.05) is 24.9 Å². The number of carbonyl (C=O) groups is 1. The minimum Gasteiger partial charge on any atom is -0.357 e. The molecule has 0 bridgehead atoms. The number of urea groups is 1.